The molecule has 2 aromatic carbocycles. The van der Waals surface area contributed by atoms with Gasteiger partial charge in [0.2, 0.25) is 17.7 Å². The van der Waals surface area contributed by atoms with Crippen LogP contribution in [0.3, 0.4) is 0 Å². The standard InChI is InChI=1S/C36H50N8O4.ClH/c1-22(37-5)33(45)42-31(36(2,3)4)35(47)44-17-9-11-29(44)34(46)41-28-18-26-27(19-30(28)48-7)38-21-39-32(26)40-25-14-12-23(13-15-25)24-10-8-16-43(6)20-24;/h12-15,18-19,21-22,24,29,31,37H,8-11,16-17,20H2,1-7H3,(H,41,46)(H,42,45)(H,38,39,40);1H/t22-,24?,29?,31+;/m0./s1. The molecule has 266 valence electrons. The molecule has 4 N–H and O–H groups in total. The average molecular weight is 695 g/mol. The fraction of sp³-hybridized carbons (Fsp3) is 0.528. The van der Waals surface area contributed by atoms with E-state index in [0.29, 0.717) is 53.5 Å². The quantitative estimate of drug-likeness (QED) is 0.238. The maximum atomic E-state index is 13.9. The van der Waals surface area contributed by atoms with Crippen LogP contribution in [0.25, 0.3) is 10.9 Å². The van der Waals surface area contributed by atoms with Crippen molar-refractivity contribution >= 4 is 58.2 Å². The van der Waals surface area contributed by atoms with E-state index in [1.807, 2.05) is 20.8 Å². The number of methoxy groups -OCH3 is 1. The van der Waals surface area contributed by atoms with Crippen LogP contribution in [0, 0.1) is 5.41 Å². The number of halogens is 1. The molecule has 3 heterocycles. The number of likely N-dealkylation sites (N-methyl/N-ethyl adjacent to an activating group) is 2. The molecule has 13 heteroatoms. The summed E-state index contributed by atoms with van der Waals surface area (Å²) in [6.45, 7) is 10.1. The van der Waals surface area contributed by atoms with Crippen LogP contribution in [-0.4, -0.2) is 96.5 Å². The number of piperidine rings is 1. The summed E-state index contributed by atoms with van der Waals surface area (Å²) in [5.41, 5.74) is 2.77. The summed E-state index contributed by atoms with van der Waals surface area (Å²) in [7, 11) is 5.41. The second kappa shape index (κ2) is 16.1. The van der Waals surface area contributed by atoms with Crippen LogP contribution in [0.5, 0.6) is 5.75 Å². The summed E-state index contributed by atoms with van der Waals surface area (Å²) >= 11 is 0. The number of amides is 3. The van der Waals surface area contributed by atoms with E-state index in [-0.39, 0.29) is 30.1 Å². The van der Waals surface area contributed by atoms with Crippen molar-refractivity contribution in [2.75, 3.05) is 51.5 Å². The van der Waals surface area contributed by atoms with Crippen molar-refractivity contribution in [2.45, 2.75) is 77.4 Å². The van der Waals surface area contributed by atoms with E-state index in [2.05, 4.69) is 67.4 Å². The van der Waals surface area contributed by atoms with Gasteiger partial charge in [-0.3, -0.25) is 14.4 Å². The van der Waals surface area contributed by atoms with Gasteiger partial charge >= 0.3 is 0 Å². The van der Waals surface area contributed by atoms with Gasteiger partial charge in [-0.15, -0.1) is 12.4 Å². The highest BCUT2D eigenvalue weighted by atomic mass is 35.5. The minimum atomic E-state index is -0.798. The molecule has 2 fully saturated rings. The Balaban J connectivity index is 0.00000541. The second-order valence-electron chi connectivity index (χ2n) is 14.1. The lowest BCUT2D eigenvalue weighted by Gasteiger charge is -2.36. The molecule has 2 saturated heterocycles. The molecule has 0 spiro atoms. The summed E-state index contributed by atoms with van der Waals surface area (Å²) in [4.78, 5) is 53.5. The number of rotatable bonds is 10. The highest BCUT2D eigenvalue weighted by molar-refractivity contribution is 6.03. The number of hydrogen-bond acceptors (Lipinski definition) is 9. The van der Waals surface area contributed by atoms with Gasteiger partial charge in [0.05, 0.1) is 24.4 Å². The molecule has 0 aliphatic carbocycles. The molecule has 2 aliphatic rings. The lowest BCUT2D eigenvalue weighted by Crippen LogP contribution is -2.59. The topological polar surface area (TPSA) is 141 Å². The molecular weight excluding hydrogens is 644 g/mol. The number of carbonyl (C=O) groups is 3. The van der Waals surface area contributed by atoms with E-state index in [0.717, 1.165) is 18.8 Å². The predicted octanol–water partition coefficient (Wildman–Crippen LogP) is 4.68. The molecule has 49 heavy (non-hydrogen) atoms. The van der Waals surface area contributed by atoms with Gasteiger partial charge < -0.3 is 35.8 Å². The molecule has 5 rings (SSSR count). The average Bonchev–Trinajstić information content (AvgIpc) is 3.57. The molecule has 0 bridgehead atoms. The first-order valence-electron chi connectivity index (χ1n) is 16.9. The van der Waals surface area contributed by atoms with Crippen molar-refractivity contribution < 1.29 is 19.1 Å². The SMILES string of the molecule is CN[C@@H](C)C(=O)N[C@H](C(=O)N1CCCC1C(=O)Nc1cc2c(Nc3ccc(C4CCCN(C)C4)cc3)ncnc2cc1OC)C(C)(C)C.Cl. The number of nitrogens with one attached hydrogen (secondary N) is 4. The Hall–Kier alpha value is -4.00. The van der Waals surface area contributed by atoms with Crippen LogP contribution in [0.15, 0.2) is 42.7 Å². The number of fused-ring (bicyclic) bond motifs is 1. The van der Waals surface area contributed by atoms with Crippen molar-refractivity contribution in [3.8, 4) is 5.75 Å². The summed E-state index contributed by atoms with van der Waals surface area (Å²) in [6, 6.07) is 10.1. The Morgan fingerprint density at radius 1 is 1.02 bits per heavy atom. The third kappa shape index (κ3) is 8.78. The number of anilines is 3. The third-order valence-electron chi connectivity index (χ3n) is 9.55. The van der Waals surface area contributed by atoms with Gasteiger partial charge in [-0.1, -0.05) is 32.9 Å². The first kappa shape index (κ1) is 37.8. The zero-order valence-corrected chi connectivity index (χ0v) is 30.4. The summed E-state index contributed by atoms with van der Waals surface area (Å²) < 4.78 is 5.65. The number of hydrogen-bond donors (Lipinski definition) is 4. The Kier molecular flexibility index (Phi) is 12.5. The zero-order chi connectivity index (χ0) is 34.6. The molecule has 0 radical (unpaired) electrons. The lowest BCUT2D eigenvalue weighted by molar-refractivity contribution is -0.143. The summed E-state index contributed by atoms with van der Waals surface area (Å²) in [6.07, 6.45) is 5.08. The van der Waals surface area contributed by atoms with E-state index in [1.165, 1.54) is 31.8 Å². The maximum Gasteiger partial charge on any atom is 0.247 e. The molecule has 3 aromatic rings. The molecule has 1 aromatic heterocycles. The smallest absolute Gasteiger partial charge is 0.247 e. The third-order valence-corrected chi connectivity index (χ3v) is 9.55. The van der Waals surface area contributed by atoms with Crippen molar-refractivity contribution in [1.29, 1.82) is 0 Å². The minimum Gasteiger partial charge on any atom is -0.494 e. The fourth-order valence-corrected chi connectivity index (χ4v) is 6.60. The molecule has 2 aliphatic heterocycles. The van der Waals surface area contributed by atoms with Crippen LogP contribution >= 0.6 is 12.4 Å². The fourth-order valence-electron chi connectivity index (χ4n) is 6.60. The van der Waals surface area contributed by atoms with Crippen LogP contribution in [0.1, 0.15) is 64.9 Å². The Labute approximate surface area is 295 Å². The Bertz CT molecular complexity index is 1630. The van der Waals surface area contributed by atoms with E-state index in [4.69, 9.17) is 4.74 Å². The summed E-state index contributed by atoms with van der Waals surface area (Å²) in [5.74, 6) is 0.703. The van der Waals surface area contributed by atoms with Crippen LogP contribution in [-0.2, 0) is 14.4 Å². The van der Waals surface area contributed by atoms with E-state index >= 15 is 0 Å². The molecule has 2 unspecified atom stereocenters. The van der Waals surface area contributed by atoms with Gasteiger partial charge in [0.15, 0.2) is 0 Å². The molecule has 3 amide bonds. The molecule has 0 saturated carbocycles. The second-order valence-corrected chi connectivity index (χ2v) is 14.1. The number of likely N-dealkylation sites (tertiary alicyclic amines) is 2. The van der Waals surface area contributed by atoms with Gasteiger partial charge in [0.25, 0.3) is 0 Å². The lowest BCUT2D eigenvalue weighted by atomic mass is 9.85. The molecule has 4 atom stereocenters. The molecular formula is C36H51ClN8O4. The largest absolute Gasteiger partial charge is 0.494 e. The Morgan fingerprint density at radius 3 is 2.39 bits per heavy atom. The van der Waals surface area contributed by atoms with Crippen molar-refractivity contribution in [3.63, 3.8) is 0 Å². The Morgan fingerprint density at radius 2 is 1.73 bits per heavy atom. The van der Waals surface area contributed by atoms with E-state index < -0.39 is 23.5 Å². The van der Waals surface area contributed by atoms with Crippen molar-refractivity contribution in [3.05, 3.63) is 48.3 Å². The summed E-state index contributed by atoms with van der Waals surface area (Å²) in [5, 5.41) is 13.0. The van der Waals surface area contributed by atoms with E-state index in [9.17, 15) is 14.4 Å². The maximum absolute atomic E-state index is 13.9. The monoisotopic (exact) mass is 694 g/mol. The van der Waals surface area contributed by atoms with Gasteiger partial charge in [0, 0.05) is 30.2 Å². The number of nitrogens with zero attached hydrogens (tertiary/aromatic N) is 4. The number of ether oxygens (including phenoxy) is 1. The van der Waals surface area contributed by atoms with Crippen molar-refractivity contribution in [1.82, 2.24) is 30.4 Å². The minimum absolute atomic E-state index is 0. The van der Waals surface area contributed by atoms with Crippen LogP contribution < -0.4 is 26.0 Å². The highest BCUT2D eigenvalue weighted by Crippen LogP contribution is 2.35. The number of benzene rings is 2. The normalized spacial score (nSPS) is 19.4. The van der Waals surface area contributed by atoms with Gasteiger partial charge in [-0.25, -0.2) is 9.97 Å². The number of aromatic nitrogens is 2. The highest BCUT2D eigenvalue weighted by Gasteiger charge is 2.42. The van der Waals surface area contributed by atoms with E-state index in [1.54, 1.807) is 31.0 Å². The van der Waals surface area contributed by atoms with Crippen LogP contribution in [0.4, 0.5) is 17.2 Å². The molecule has 12 nitrogen and oxygen atoms in total. The predicted molar refractivity (Wildman–Crippen MR) is 196 cm³/mol. The first-order valence-corrected chi connectivity index (χ1v) is 16.9. The van der Waals surface area contributed by atoms with Gasteiger partial charge in [-0.05, 0) is 88.3 Å². The number of carbonyl (C=O) groups excluding carboxylic acids is 3. The van der Waals surface area contributed by atoms with Gasteiger partial charge in [-0.2, -0.15) is 0 Å². The zero-order valence-electron chi connectivity index (χ0n) is 29.6. The van der Waals surface area contributed by atoms with Crippen LogP contribution in [0.2, 0.25) is 0 Å². The first-order chi connectivity index (χ1) is 22.9. The van der Waals surface area contributed by atoms with Crippen molar-refractivity contribution in [2.24, 2.45) is 5.41 Å². The van der Waals surface area contributed by atoms with Gasteiger partial charge in [0.1, 0.15) is 30.0 Å².